The van der Waals surface area contributed by atoms with E-state index in [-0.39, 0.29) is 11.6 Å². The first-order valence-electron chi connectivity index (χ1n) is 5.46. The molecule has 19 heavy (non-hydrogen) atoms. The highest BCUT2D eigenvalue weighted by Crippen LogP contribution is 2.20. The fourth-order valence-corrected chi connectivity index (χ4v) is 3.24. The number of anilines is 1. The zero-order valence-corrected chi connectivity index (χ0v) is 13.1. The van der Waals surface area contributed by atoms with Gasteiger partial charge in [0, 0.05) is 27.1 Å². The summed E-state index contributed by atoms with van der Waals surface area (Å²) in [6.07, 6.45) is 0. The molecule has 0 saturated heterocycles. The Kier molecular flexibility index (Phi) is 4.11. The first-order chi connectivity index (χ1) is 8.94. The Morgan fingerprint density at radius 3 is 2.58 bits per heavy atom. The van der Waals surface area contributed by atoms with Gasteiger partial charge in [0.1, 0.15) is 0 Å². The maximum Gasteiger partial charge on any atom is 0.281 e. The molecule has 102 valence electrons. The number of halogens is 1. The smallest absolute Gasteiger partial charge is 0.281 e. The Hall–Kier alpha value is -1.13. The van der Waals surface area contributed by atoms with E-state index in [9.17, 15) is 8.42 Å². The molecule has 0 amide bonds. The van der Waals surface area contributed by atoms with Gasteiger partial charge in [0.05, 0.1) is 0 Å². The number of nitrogens with one attached hydrogen (secondary N) is 2. The van der Waals surface area contributed by atoms with Crippen molar-refractivity contribution in [2.24, 2.45) is 5.73 Å². The van der Waals surface area contributed by atoms with Crippen molar-refractivity contribution in [2.45, 2.75) is 18.5 Å². The average molecular weight is 392 g/mol. The predicted octanol–water partition coefficient (Wildman–Crippen LogP) is 1.58. The van der Waals surface area contributed by atoms with E-state index in [1.807, 2.05) is 12.1 Å². The number of nitrogens with zero attached hydrogens (tertiary/aromatic N) is 1. The summed E-state index contributed by atoms with van der Waals surface area (Å²) in [4.78, 5) is 0. The molecule has 0 bridgehead atoms. The quantitative estimate of drug-likeness (QED) is 0.688. The van der Waals surface area contributed by atoms with E-state index in [1.54, 1.807) is 19.1 Å². The SMILES string of the molecule is Cc1[nH]nc(S(=O)(=O)Nc2ccc(I)cc2)c1CN. The van der Waals surface area contributed by atoms with E-state index in [0.29, 0.717) is 16.9 Å². The van der Waals surface area contributed by atoms with Crippen molar-refractivity contribution >= 4 is 38.3 Å². The molecular formula is C11H13IN4O2S. The minimum Gasteiger partial charge on any atom is -0.326 e. The van der Waals surface area contributed by atoms with Crippen LogP contribution in [0.15, 0.2) is 29.3 Å². The normalized spacial score (nSPS) is 11.5. The molecule has 4 N–H and O–H groups in total. The first kappa shape index (κ1) is 14.3. The van der Waals surface area contributed by atoms with Crippen molar-refractivity contribution < 1.29 is 8.42 Å². The molecule has 8 heteroatoms. The van der Waals surface area contributed by atoms with Crippen LogP contribution in [-0.2, 0) is 16.6 Å². The van der Waals surface area contributed by atoms with Gasteiger partial charge in [-0.1, -0.05) is 0 Å². The minimum absolute atomic E-state index is 0.0500. The van der Waals surface area contributed by atoms with Crippen molar-refractivity contribution in [3.8, 4) is 0 Å². The van der Waals surface area contributed by atoms with Crippen LogP contribution in [0.5, 0.6) is 0 Å². The Bertz CT molecular complexity index is 679. The first-order valence-corrected chi connectivity index (χ1v) is 8.02. The predicted molar refractivity (Wildman–Crippen MR) is 81.2 cm³/mol. The maximum atomic E-state index is 12.2. The number of rotatable bonds is 4. The van der Waals surface area contributed by atoms with E-state index in [0.717, 1.165) is 3.57 Å². The van der Waals surface area contributed by atoms with Crippen LogP contribution in [0, 0.1) is 10.5 Å². The summed E-state index contributed by atoms with van der Waals surface area (Å²) in [7, 11) is -3.72. The van der Waals surface area contributed by atoms with Gasteiger partial charge in [-0.2, -0.15) is 13.5 Å². The molecule has 0 atom stereocenters. The fraction of sp³-hybridized carbons (Fsp3) is 0.182. The number of H-pyrrole nitrogens is 1. The summed E-state index contributed by atoms with van der Waals surface area (Å²) < 4.78 is 28.0. The lowest BCUT2D eigenvalue weighted by Gasteiger charge is -2.07. The largest absolute Gasteiger partial charge is 0.326 e. The van der Waals surface area contributed by atoms with Gasteiger partial charge in [0.15, 0.2) is 0 Å². The average Bonchev–Trinajstić information content (AvgIpc) is 2.74. The van der Waals surface area contributed by atoms with Gasteiger partial charge in [-0.25, -0.2) is 0 Å². The minimum atomic E-state index is -3.72. The second kappa shape index (κ2) is 5.47. The van der Waals surface area contributed by atoms with Gasteiger partial charge < -0.3 is 5.73 Å². The van der Waals surface area contributed by atoms with E-state index < -0.39 is 10.0 Å². The van der Waals surface area contributed by atoms with Gasteiger partial charge >= 0.3 is 0 Å². The van der Waals surface area contributed by atoms with Gasteiger partial charge in [-0.3, -0.25) is 9.82 Å². The fourth-order valence-electron chi connectivity index (χ4n) is 1.61. The Balaban J connectivity index is 2.35. The zero-order valence-electron chi connectivity index (χ0n) is 10.1. The number of nitrogens with two attached hydrogens (primary N) is 1. The number of aromatic amines is 1. The van der Waals surface area contributed by atoms with Crippen LogP contribution in [-0.4, -0.2) is 18.6 Å². The van der Waals surface area contributed by atoms with Crippen LogP contribution in [0.3, 0.4) is 0 Å². The highest BCUT2D eigenvalue weighted by Gasteiger charge is 2.23. The van der Waals surface area contributed by atoms with Crippen LogP contribution in [0.4, 0.5) is 5.69 Å². The van der Waals surface area contributed by atoms with E-state index in [1.165, 1.54) is 0 Å². The number of hydrogen-bond acceptors (Lipinski definition) is 4. The molecule has 0 radical (unpaired) electrons. The lowest BCUT2D eigenvalue weighted by Crippen LogP contribution is -2.16. The van der Waals surface area contributed by atoms with E-state index in [2.05, 4.69) is 37.5 Å². The van der Waals surface area contributed by atoms with Crippen molar-refractivity contribution in [1.82, 2.24) is 10.2 Å². The summed E-state index contributed by atoms with van der Waals surface area (Å²) in [5.41, 5.74) is 7.20. The highest BCUT2D eigenvalue weighted by molar-refractivity contribution is 14.1. The standard InChI is InChI=1S/C11H13IN4O2S/c1-7-10(6-13)11(15-14-7)19(17,18)16-9-4-2-8(12)3-5-9/h2-5,16H,6,13H2,1H3,(H,14,15). The number of hydrogen-bond donors (Lipinski definition) is 3. The van der Waals surface area contributed by atoms with Gasteiger partial charge in [0.2, 0.25) is 5.03 Å². The Morgan fingerprint density at radius 2 is 2.00 bits per heavy atom. The van der Waals surface area contributed by atoms with Crippen molar-refractivity contribution in [3.05, 3.63) is 39.1 Å². The summed E-state index contributed by atoms with van der Waals surface area (Å²) in [6.45, 7) is 1.85. The van der Waals surface area contributed by atoms with Crippen molar-refractivity contribution in [2.75, 3.05) is 4.72 Å². The van der Waals surface area contributed by atoms with Gasteiger partial charge in [-0.05, 0) is 53.8 Å². The maximum absolute atomic E-state index is 12.2. The lowest BCUT2D eigenvalue weighted by atomic mass is 10.3. The van der Waals surface area contributed by atoms with Crippen LogP contribution < -0.4 is 10.5 Å². The molecule has 0 spiro atoms. The monoisotopic (exact) mass is 392 g/mol. The molecule has 1 aromatic heterocycles. The summed E-state index contributed by atoms with van der Waals surface area (Å²) in [5, 5.41) is 6.40. The zero-order chi connectivity index (χ0) is 14.0. The lowest BCUT2D eigenvalue weighted by molar-refractivity contribution is 0.596. The number of sulfonamides is 1. The molecule has 6 nitrogen and oxygen atoms in total. The Labute approximate surface area is 125 Å². The third-order valence-electron chi connectivity index (χ3n) is 2.59. The van der Waals surface area contributed by atoms with E-state index >= 15 is 0 Å². The molecule has 1 aromatic carbocycles. The molecule has 2 aromatic rings. The number of benzene rings is 1. The Morgan fingerprint density at radius 1 is 1.37 bits per heavy atom. The van der Waals surface area contributed by atoms with Crippen molar-refractivity contribution in [1.29, 1.82) is 0 Å². The van der Waals surface area contributed by atoms with Crippen molar-refractivity contribution in [3.63, 3.8) is 0 Å². The van der Waals surface area contributed by atoms with Gasteiger partial charge in [0.25, 0.3) is 10.0 Å². The van der Waals surface area contributed by atoms with Crippen LogP contribution in [0.25, 0.3) is 0 Å². The van der Waals surface area contributed by atoms with Gasteiger partial charge in [-0.15, -0.1) is 0 Å². The third-order valence-corrected chi connectivity index (χ3v) is 4.66. The third kappa shape index (κ3) is 3.07. The molecule has 0 aliphatic carbocycles. The molecule has 0 aliphatic heterocycles. The molecule has 0 unspecified atom stereocenters. The van der Waals surface area contributed by atoms with E-state index in [4.69, 9.17) is 5.73 Å². The molecular weight excluding hydrogens is 379 g/mol. The number of aryl methyl sites for hydroxylation is 1. The van der Waals surface area contributed by atoms with Crippen LogP contribution in [0.2, 0.25) is 0 Å². The highest BCUT2D eigenvalue weighted by atomic mass is 127. The molecule has 1 heterocycles. The second-order valence-electron chi connectivity index (χ2n) is 3.95. The van der Waals surface area contributed by atoms with Crippen LogP contribution >= 0.6 is 22.6 Å². The van der Waals surface area contributed by atoms with Crippen LogP contribution in [0.1, 0.15) is 11.3 Å². The molecule has 2 rings (SSSR count). The second-order valence-corrected chi connectivity index (χ2v) is 6.79. The summed E-state index contributed by atoms with van der Waals surface area (Å²) in [6, 6.07) is 7.03. The molecule has 0 fully saturated rings. The molecule has 0 aliphatic rings. The topological polar surface area (TPSA) is 101 Å². The number of aromatic nitrogens is 2. The molecule has 0 saturated carbocycles. The summed E-state index contributed by atoms with van der Waals surface area (Å²) in [5.74, 6) is 0. The summed E-state index contributed by atoms with van der Waals surface area (Å²) >= 11 is 2.15.